The highest BCUT2D eigenvalue weighted by Crippen LogP contribution is 2.14. The zero-order valence-corrected chi connectivity index (χ0v) is 44.8. The molecule has 0 aliphatic carbocycles. The summed E-state index contributed by atoms with van der Waals surface area (Å²) in [7, 11) is 0. The second-order valence-corrected chi connectivity index (χ2v) is 18.4. The zero-order valence-electron chi connectivity index (χ0n) is 44.8. The van der Waals surface area contributed by atoms with Crippen LogP contribution in [0.5, 0.6) is 0 Å². The van der Waals surface area contributed by atoms with Crippen molar-refractivity contribution in [1.29, 1.82) is 0 Å². The van der Waals surface area contributed by atoms with Gasteiger partial charge in [-0.25, -0.2) is 0 Å². The molecule has 0 bridgehead atoms. The van der Waals surface area contributed by atoms with E-state index in [4.69, 9.17) is 14.2 Å². The van der Waals surface area contributed by atoms with E-state index < -0.39 is 6.10 Å². The van der Waals surface area contributed by atoms with Crippen molar-refractivity contribution >= 4 is 17.9 Å². The summed E-state index contributed by atoms with van der Waals surface area (Å²) in [6, 6.07) is 0. The summed E-state index contributed by atoms with van der Waals surface area (Å²) < 4.78 is 16.8. The van der Waals surface area contributed by atoms with Gasteiger partial charge in [0.1, 0.15) is 13.2 Å². The van der Waals surface area contributed by atoms with E-state index in [0.717, 1.165) is 135 Å². The second kappa shape index (κ2) is 56.7. The van der Waals surface area contributed by atoms with E-state index in [0.29, 0.717) is 19.3 Å². The van der Waals surface area contributed by atoms with Gasteiger partial charge in [0, 0.05) is 19.3 Å². The molecule has 6 heteroatoms. The number of carbonyl (C=O) groups is 3. The van der Waals surface area contributed by atoms with Gasteiger partial charge in [0.25, 0.3) is 0 Å². The lowest BCUT2D eigenvalue weighted by atomic mass is 10.1. The van der Waals surface area contributed by atoms with Crippen molar-refractivity contribution in [2.45, 2.75) is 258 Å². The summed E-state index contributed by atoms with van der Waals surface area (Å²) >= 11 is 0. The largest absolute Gasteiger partial charge is 0.462 e. The van der Waals surface area contributed by atoms with Crippen LogP contribution >= 0.6 is 0 Å². The Hall–Kier alpha value is -3.93. The molecule has 1 atom stereocenters. The standard InChI is InChI=1S/C63H104O6/c1-4-7-10-13-16-19-22-25-27-29-30-31-32-34-35-38-41-44-47-50-53-56-62(65)68-59-60(58-67-61(64)55-52-49-46-43-40-37-24-21-18-15-12-9-6-3)69-63(66)57-54-51-48-45-42-39-36-33-28-26-23-20-17-14-11-8-5-2/h7,9-10,12,16,18-19,21,25-28,30-31,34-35,37,40,60H,4-6,8,11,13-15,17,20,22-24,29,32-33,36,38-39,41-59H2,1-3H3/b10-7-,12-9-,19-16-,21-18-,27-25-,28-26-,31-30-,35-34-,40-37-. The maximum atomic E-state index is 12.9. The Labute approximate surface area is 425 Å². The minimum Gasteiger partial charge on any atom is -0.462 e. The van der Waals surface area contributed by atoms with Gasteiger partial charge >= 0.3 is 17.9 Å². The minimum atomic E-state index is -0.803. The molecule has 0 aromatic carbocycles. The zero-order chi connectivity index (χ0) is 50.0. The maximum Gasteiger partial charge on any atom is 0.306 e. The van der Waals surface area contributed by atoms with E-state index in [9.17, 15) is 14.4 Å². The number of rotatable bonds is 50. The van der Waals surface area contributed by atoms with Crippen LogP contribution in [0.1, 0.15) is 252 Å². The van der Waals surface area contributed by atoms with E-state index in [1.165, 1.54) is 77.0 Å². The Kier molecular flexibility index (Phi) is 53.4. The van der Waals surface area contributed by atoms with Crippen molar-refractivity contribution in [3.05, 3.63) is 109 Å². The molecule has 0 aliphatic rings. The Bertz CT molecular complexity index is 1420. The van der Waals surface area contributed by atoms with Crippen molar-refractivity contribution in [2.24, 2.45) is 0 Å². The fourth-order valence-electron chi connectivity index (χ4n) is 7.54. The number of esters is 3. The van der Waals surface area contributed by atoms with E-state index >= 15 is 0 Å². The summed E-state index contributed by atoms with van der Waals surface area (Å²) in [6.45, 7) is 6.36. The second-order valence-electron chi connectivity index (χ2n) is 18.4. The van der Waals surface area contributed by atoms with Crippen LogP contribution in [0.3, 0.4) is 0 Å². The molecule has 0 heterocycles. The van der Waals surface area contributed by atoms with Crippen LogP contribution < -0.4 is 0 Å². The van der Waals surface area contributed by atoms with Gasteiger partial charge in [-0.15, -0.1) is 0 Å². The Morgan fingerprint density at radius 2 is 0.565 bits per heavy atom. The predicted octanol–water partition coefficient (Wildman–Crippen LogP) is 19.1. The number of hydrogen-bond donors (Lipinski definition) is 0. The van der Waals surface area contributed by atoms with Crippen LogP contribution in [-0.2, 0) is 28.6 Å². The average molecular weight is 958 g/mol. The monoisotopic (exact) mass is 957 g/mol. The molecule has 0 saturated carbocycles. The van der Waals surface area contributed by atoms with Crippen LogP contribution in [0.2, 0.25) is 0 Å². The Balaban J connectivity index is 4.45. The number of allylic oxidation sites excluding steroid dienone is 18. The number of ether oxygens (including phenoxy) is 3. The van der Waals surface area contributed by atoms with Gasteiger partial charge in [-0.2, -0.15) is 0 Å². The first kappa shape index (κ1) is 65.1. The summed E-state index contributed by atoms with van der Waals surface area (Å²) in [6.07, 6.45) is 76.5. The molecule has 0 aliphatic heterocycles. The van der Waals surface area contributed by atoms with Gasteiger partial charge in [-0.1, -0.05) is 220 Å². The fourth-order valence-corrected chi connectivity index (χ4v) is 7.54. The molecular weight excluding hydrogens is 853 g/mol. The van der Waals surface area contributed by atoms with E-state index in [1.54, 1.807) is 0 Å². The van der Waals surface area contributed by atoms with Crippen molar-refractivity contribution < 1.29 is 28.6 Å². The number of unbranched alkanes of at least 4 members (excludes halogenated alkanes) is 21. The predicted molar refractivity (Wildman–Crippen MR) is 297 cm³/mol. The third kappa shape index (κ3) is 54.9. The van der Waals surface area contributed by atoms with Crippen LogP contribution in [-0.4, -0.2) is 37.2 Å². The highest BCUT2D eigenvalue weighted by Gasteiger charge is 2.19. The van der Waals surface area contributed by atoms with Crippen LogP contribution in [0.4, 0.5) is 0 Å². The first-order valence-corrected chi connectivity index (χ1v) is 28.4. The molecule has 0 aromatic heterocycles. The van der Waals surface area contributed by atoms with Crippen LogP contribution in [0, 0.1) is 0 Å². The molecule has 0 amide bonds. The molecule has 392 valence electrons. The molecule has 0 saturated heterocycles. The lowest BCUT2D eigenvalue weighted by molar-refractivity contribution is -0.167. The van der Waals surface area contributed by atoms with Crippen molar-refractivity contribution in [2.75, 3.05) is 13.2 Å². The fraction of sp³-hybridized carbons (Fsp3) is 0.667. The Morgan fingerprint density at radius 3 is 0.913 bits per heavy atom. The van der Waals surface area contributed by atoms with Crippen LogP contribution in [0.15, 0.2) is 109 Å². The summed E-state index contributed by atoms with van der Waals surface area (Å²) in [5.74, 6) is -0.952. The van der Waals surface area contributed by atoms with Gasteiger partial charge < -0.3 is 14.2 Å². The average Bonchev–Trinajstić information content (AvgIpc) is 3.35. The van der Waals surface area contributed by atoms with Crippen molar-refractivity contribution in [3.8, 4) is 0 Å². The molecule has 0 N–H and O–H groups in total. The normalized spacial score (nSPS) is 12.9. The summed E-state index contributed by atoms with van der Waals surface area (Å²) in [5, 5.41) is 0. The molecular formula is C63H104O6. The lowest BCUT2D eigenvalue weighted by Crippen LogP contribution is -2.30. The van der Waals surface area contributed by atoms with Gasteiger partial charge in [-0.3, -0.25) is 14.4 Å². The van der Waals surface area contributed by atoms with Gasteiger partial charge in [0.2, 0.25) is 0 Å². The number of carbonyl (C=O) groups excluding carboxylic acids is 3. The highest BCUT2D eigenvalue weighted by molar-refractivity contribution is 5.71. The topological polar surface area (TPSA) is 78.9 Å². The van der Waals surface area contributed by atoms with Crippen LogP contribution in [0.25, 0.3) is 0 Å². The summed E-state index contributed by atoms with van der Waals surface area (Å²) in [4.78, 5) is 38.1. The molecule has 6 nitrogen and oxygen atoms in total. The summed E-state index contributed by atoms with van der Waals surface area (Å²) in [5.41, 5.74) is 0. The first-order chi connectivity index (χ1) is 34.0. The molecule has 1 unspecified atom stereocenters. The van der Waals surface area contributed by atoms with E-state index in [-0.39, 0.29) is 31.1 Å². The first-order valence-electron chi connectivity index (χ1n) is 28.4. The Morgan fingerprint density at radius 1 is 0.304 bits per heavy atom. The quantitative estimate of drug-likeness (QED) is 0.0262. The highest BCUT2D eigenvalue weighted by atomic mass is 16.6. The molecule has 0 fully saturated rings. The molecule has 69 heavy (non-hydrogen) atoms. The lowest BCUT2D eigenvalue weighted by Gasteiger charge is -2.18. The van der Waals surface area contributed by atoms with Crippen molar-refractivity contribution in [3.63, 3.8) is 0 Å². The minimum absolute atomic E-state index is 0.101. The molecule has 0 radical (unpaired) electrons. The van der Waals surface area contributed by atoms with E-state index in [1.807, 2.05) is 0 Å². The van der Waals surface area contributed by atoms with Crippen molar-refractivity contribution in [1.82, 2.24) is 0 Å². The smallest absolute Gasteiger partial charge is 0.306 e. The van der Waals surface area contributed by atoms with E-state index in [2.05, 4.69) is 130 Å². The van der Waals surface area contributed by atoms with Gasteiger partial charge in [0.15, 0.2) is 6.10 Å². The third-order valence-electron chi connectivity index (χ3n) is 11.7. The molecule has 0 spiro atoms. The third-order valence-corrected chi connectivity index (χ3v) is 11.7. The number of hydrogen-bond acceptors (Lipinski definition) is 6. The molecule has 0 rings (SSSR count). The van der Waals surface area contributed by atoms with Gasteiger partial charge in [-0.05, 0) is 122 Å². The molecule has 0 aromatic rings. The van der Waals surface area contributed by atoms with Gasteiger partial charge in [0.05, 0.1) is 0 Å². The maximum absolute atomic E-state index is 12.9. The SMILES string of the molecule is CC/C=C\C/C=C\C/C=C\C/C=C\C/C=C\CCCCCCCC(=O)OCC(COC(=O)CCCCC/C=C\C/C=C\C/C=C\CC)OC(=O)CCCCCCCCC/C=C\CCCCCCCC.